The third-order valence-electron chi connectivity index (χ3n) is 2.97. The quantitative estimate of drug-likeness (QED) is 0.833. The summed E-state index contributed by atoms with van der Waals surface area (Å²) in [6.45, 7) is 0. The van der Waals surface area contributed by atoms with Crippen molar-refractivity contribution in [2.24, 2.45) is 0 Å². The highest BCUT2D eigenvalue weighted by Crippen LogP contribution is 2.29. The van der Waals surface area contributed by atoms with Gasteiger partial charge in [0.05, 0.1) is 14.2 Å². The molecule has 2 aromatic carbocycles. The van der Waals surface area contributed by atoms with Crippen LogP contribution < -0.4 is 14.8 Å². The number of nitrogens with one attached hydrogen (secondary N) is 1. The molecule has 1 amide bonds. The van der Waals surface area contributed by atoms with Gasteiger partial charge in [-0.1, -0.05) is 12.1 Å². The van der Waals surface area contributed by atoms with Crippen LogP contribution in [0.3, 0.4) is 0 Å². The summed E-state index contributed by atoms with van der Waals surface area (Å²) in [6.07, 6.45) is 3.08. The summed E-state index contributed by atoms with van der Waals surface area (Å²) >= 11 is 0. The molecule has 2 rings (SSSR count). The number of methoxy groups -OCH3 is 2. The summed E-state index contributed by atoms with van der Waals surface area (Å²) in [5.74, 6) is 1.06. The molecule has 0 aliphatic rings. The van der Waals surface area contributed by atoms with Crippen molar-refractivity contribution in [2.45, 2.75) is 0 Å². The van der Waals surface area contributed by atoms with E-state index in [0.29, 0.717) is 17.2 Å². The number of carbonyl (C=O) groups is 1. The molecule has 0 heterocycles. The average Bonchev–Trinajstić information content (AvgIpc) is 2.54. The maximum absolute atomic E-state index is 11.9. The van der Waals surface area contributed by atoms with Crippen LogP contribution in [0.1, 0.15) is 5.56 Å². The molecular weight excluding hydrogens is 282 g/mol. The smallest absolute Gasteiger partial charge is 0.248 e. The fourth-order valence-electron chi connectivity index (χ4n) is 1.86. The number of carbonyl (C=O) groups excluding carboxylic acids is 1. The Hall–Kier alpha value is -2.95. The van der Waals surface area contributed by atoms with Gasteiger partial charge in [0.25, 0.3) is 0 Å². The lowest BCUT2D eigenvalue weighted by Gasteiger charge is -2.09. The standard InChI is InChI=1S/C17H17NO4/c1-21-15-9-6-13(11-16(15)22-2)18-17(20)10-5-12-3-7-14(19)8-4-12/h3-11,19H,1-2H3,(H,18,20)/b10-5+. The Kier molecular flexibility index (Phi) is 5.03. The van der Waals surface area contributed by atoms with Crippen molar-refractivity contribution in [2.75, 3.05) is 19.5 Å². The lowest BCUT2D eigenvalue weighted by molar-refractivity contribution is -0.111. The molecule has 5 nitrogen and oxygen atoms in total. The van der Waals surface area contributed by atoms with Gasteiger partial charge in [0.1, 0.15) is 5.75 Å². The van der Waals surface area contributed by atoms with Crippen LogP contribution in [0.5, 0.6) is 17.2 Å². The van der Waals surface area contributed by atoms with Gasteiger partial charge in [-0.05, 0) is 35.9 Å². The number of benzene rings is 2. The van der Waals surface area contributed by atoms with Gasteiger partial charge in [0.2, 0.25) is 5.91 Å². The summed E-state index contributed by atoms with van der Waals surface area (Å²) in [4.78, 5) is 11.9. The van der Waals surface area contributed by atoms with Crippen LogP contribution in [-0.2, 0) is 4.79 Å². The minimum absolute atomic E-state index is 0.187. The highest BCUT2D eigenvalue weighted by atomic mass is 16.5. The van der Waals surface area contributed by atoms with Crippen molar-refractivity contribution in [1.82, 2.24) is 0 Å². The van der Waals surface area contributed by atoms with Crippen molar-refractivity contribution < 1.29 is 19.4 Å². The molecule has 114 valence electrons. The molecular formula is C17H17NO4. The molecule has 0 unspecified atom stereocenters. The number of ether oxygens (including phenoxy) is 2. The lowest BCUT2D eigenvalue weighted by Crippen LogP contribution is -2.07. The Morgan fingerprint density at radius 2 is 1.73 bits per heavy atom. The summed E-state index contributed by atoms with van der Waals surface area (Å²) < 4.78 is 10.3. The molecule has 0 aliphatic carbocycles. The number of phenols is 1. The Morgan fingerprint density at radius 1 is 1.05 bits per heavy atom. The normalized spacial score (nSPS) is 10.5. The molecule has 22 heavy (non-hydrogen) atoms. The largest absolute Gasteiger partial charge is 0.508 e. The van der Waals surface area contributed by atoms with E-state index in [9.17, 15) is 9.90 Å². The Labute approximate surface area is 128 Å². The zero-order chi connectivity index (χ0) is 15.9. The number of rotatable bonds is 5. The SMILES string of the molecule is COc1ccc(NC(=O)/C=C/c2ccc(O)cc2)cc1OC. The summed E-state index contributed by atoms with van der Waals surface area (Å²) in [5.41, 5.74) is 1.43. The second-order valence-electron chi connectivity index (χ2n) is 4.48. The van der Waals surface area contributed by atoms with Gasteiger partial charge in [-0.15, -0.1) is 0 Å². The Morgan fingerprint density at radius 3 is 2.36 bits per heavy atom. The van der Waals surface area contributed by atoms with Crippen LogP contribution >= 0.6 is 0 Å². The van der Waals surface area contributed by atoms with Gasteiger partial charge < -0.3 is 19.9 Å². The number of hydrogen-bond acceptors (Lipinski definition) is 4. The van der Waals surface area contributed by atoms with Gasteiger partial charge in [0.15, 0.2) is 11.5 Å². The first-order valence-corrected chi connectivity index (χ1v) is 6.62. The zero-order valence-electron chi connectivity index (χ0n) is 12.4. The van der Waals surface area contributed by atoms with Crippen LogP contribution in [0.25, 0.3) is 6.08 Å². The summed E-state index contributed by atoms with van der Waals surface area (Å²) in [7, 11) is 3.09. The van der Waals surface area contributed by atoms with E-state index in [0.717, 1.165) is 5.56 Å². The number of amides is 1. The number of hydrogen-bond donors (Lipinski definition) is 2. The molecule has 2 aromatic rings. The van der Waals surface area contributed by atoms with Crippen LogP contribution in [0.4, 0.5) is 5.69 Å². The predicted octanol–water partition coefficient (Wildman–Crippen LogP) is 3.06. The number of aromatic hydroxyl groups is 1. The fourth-order valence-corrected chi connectivity index (χ4v) is 1.86. The molecule has 0 aliphatic heterocycles. The molecule has 2 N–H and O–H groups in total. The highest BCUT2D eigenvalue weighted by molar-refractivity contribution is 6.02. The van der Waals surface area contributed by atoms with Crippen molar-refractivity contribution in [3.05, 3.63) is 54.1 Å². The van der Waals surface area contributed by atoms with Gasteiger partial charge in [0, 0.05) is 17.8 Å². The van der Waals surface area contributed by atoms with Gasteiger partial charge >= 0.3 is 0 Å². The van der Waals surface area contributed by atoms with Crippen LogP contribution in [0, 0.1) is 0 Å². The van der Waals surface area contributed by atoms with E-state index in [2.05, 4.69) is 5.32 Å². The zero-order valence-corrected chi connectivity index (χ0v) is 12.4. The van der Waals surface area contributed by atoms with Gasteiger partial charge in [-0.3, -0.25) is 4.79 Å². The maximum atomic E-state index is 11.9. The first-order chi connectivity index (χ1) is 10.6. The lowest BCUT2D eigenvalue weighted by atomic mass is 10.2. The third-order valence-corrected chi connectivity index (χ3v) is 2.97. The van der Waals surface area contributed by atoms with Crippen LogP contribution in [-0.4, -0.2) is 25.2 Å². The van der Waals surface area contributed by atoms with Crippen LogP contribution in [0.15, 0.2) is 48.5 Å². The monoisotopic (exact) mass is 299 g/mol. The third kappa shape index (κ3) is 4.02. The molecule has 0 aromatic heterocycles. The van der Waals surface area contributed by atoms with Gasteiger partial charge in [-0.25, -0.2) is 0 Å². The molecule has 0 fully saturated rings. The minimum atomic E-state index is -0.264. The van der Waals surface area contributed by atoms with Crippen molar-refractivity contribution in [3.63, 3.8) is 0 Å². The molecule has 0 bridgehead atoms. The average molecular weight is 299 g/mol. The number of phenolic OH excluding ortho intramolecular Hbond substituents is 1. The first-order valence-electron chi connectivity index (χ1n) is 6.62. The van der Waals surface area contributed by atoms with Crippen molar-refractivity contribution in [3.8, 4) is 17.2 Å². The summed E-state index contributed by atoms with van der Waals surface area (Å²) in [6, 6.07) is 11.7. The second-order valence-corrected chi connectivity index (χ2v) is 4.48. The Balaban J connectivity index is 2.04. The molecule has 0 atom stereocenters. The topological polar surface area (TPSA) is 67.8 Å². The van der Waals surface area contributed by atoms with E-state index >= 15 is 0 Å². The maximum Gasteiger partial charge on any atom is 0.248 e. The first kappa shape index (κ1) is 15.4. The predicted molar refractivity (Wildman–Crippen MR) is 85.3 cm³/mol. The van der Waals surface area contributed by atoms with E-state index in [-0.39, 0.29) is 11.7 Å². The molecule has 0 spiro atoms. The minimum Gasteiger partial charge on any atom is -0.508 e. The number of anilines is 1. The highest BCUT2D eigenvalue weighted by Gasteiger charge is 2.05. The molecule has 0 radical (unpaired) electrons. The van der Waals surface area contributed by atoms with Gasteiger partial charge in [-0.2, -0.15) is 0 Å². The van der Waals surface area contributed by atoms with E-state index in [1.807, 2.05) is 0 Å². The molecule has 0 saturated carbocycles. The van der Waals surface area contributed by atoms with E-state index in [1.165, 1.54) is 13.2 Å². The Bertz CT molecular complexity index is 678. The van der Waals surface area contributed by atoms with E-state index in [4.69, 9.17) is 9.47 Å². The van der Waals surface area contributed by atoms with Crippen molar-refractivity contribution in [1.29, 1.82) is 0 Å². The van der Waals surface area contributed by atoms with Crippen molar-refractivity contribution >= 4 is 17.7 Å². The summed E-state index contributed by atoms with van der Waals surface area (Å²) in [5, 5.41) is 11.9. The van der Waals surface area contributed by atoms with E-state index in [1.54, 1.807) is 55.7 Å². The van der Waals surface area contributed by atoms with E-state index < -0.39 is 0 Å². The van der Waals surface area contributed by atoms with Crippen LogP contribution in [0.2, 0.25) is 0 Å². The fraction of sp³-hybridized carbons (Fsp3) is 0.118. The molecule has 0 saturated heterocycles. The molecule has 5 heteroatoms. The second kappa shape index (κ2) is 7.17.